The van der Waals surface area contributed by atoms with Crippen LogP contribution in [0.25, 0.3) is 0 Å². The van der Waals surface area contributed by atoms with Gasteiger partial charge in [-0.15, -0.1) is 0 Å². The molecule has 0 aromatic heterocycles. The highest BCUT2D eigenvalue weighted by atomic mass is 32.3. The fraction of sp³-hybridized carbons (Fsp3) is 1.00. The van der Waals surface area contributed by atoms with E-state index in [4.69, 9.17) is 9.84 Å². The lowest BCUT2D eigenvalue weighted by Gasteiger charge is -2.31. The normalized spacial score (nSPS) is 13.3. The van der Waals surface area contributed by atoms with E-state index in [0.29, 0.717) is 12.4 Å². The summed E-state index contributed by atoms with van der Waals surface area (Å²) in [5.74, 6) is 1.30. The van der Waals surface area contributed by atoms with Crippen molar-refractivity contribution in [2.75, 3.05) is 43.8 Å². The zero-order valence-corrected chi connectivity index (χ0v) is 17.7. The highest BCUT2D eigenvalue weighted by Crippen LogP contribution is 2.43. The molecule has 0 saturated carbocycles. The zero-order valence-electron chi connectivity index (χ0n) is 16.9. The second kappa shape index (κ2) is 16.1. The Hall–Kier alpha value is 0.0600. The van der Waals surface area contributed by atoms with Gasteiger partial charge in [0.15, 0.2) is 0 Å². The molecule has 0 rings (SSSR count). The van der Waals surface area contributed by atoms with E-state index in [-0.39, 0.29) is 6.61 Å². The summed E-state index contributed by atoms with van der Waals surface area (Å²) >= 11 is 0. The van der Waals surface area contributed by atoms with Gasteiger partial charge >= 0.3 is 6.18 Å². The van der Waals surface area contributed by atoms with E-state index in [1.54, 1.807) is 0 Å². The maximum absolute atomic E-state index is 12.3. The first-order valence-corrected chi connectivity index (χ1v) is 13.0. The molecule has 0 unspecified atom stereocenters. The van der Waals surface area contributed by atoms with Crippen LogP contribution in [0.5, 0.6) is 0 Å². The highest BCUT2D eigenvalue weighted by molar-refractivity contribution is 8.32. The average Bonchev–Trinajstić information content (AvgIpc) is 2.56. The van der Waals surface area contributed by atoms with Gasteiger partial charge in [-0.3, -0.25) is 0 Å². The fourth-order valence-corrected chi connectivity index (χ4v) is 4.92. The molecule has 0 atom stereocenters. The lowest BCUT2D eigenvalue weighted by molar-refractivity contribution is -0.129. The lowest BCUT2D eigenvalue weighted by atomic mass is 10.1. The predicted octanol–water partition coefficient (Wildman–Crippen LogP) is 6.30. The van der Waals surface area contributed by atoms with Crippen LogP contribution in [-0.4, -0.2) is 55.1 Å². The van der Waals surface area contributed by atoms with E-state index in [1.165, 1.54) is 51.4 Å². The van der Waals surface area contributed by atoms with E-state index in [2.05, 4.69) is 0 Å². The topological polar surface area (TPSA) is 29.5 Å². The SMILES string of the molecule is CS(C)(CCCCCCCCCCCCCOCCO)CCC(F)(F)F. The summed E-state index contributed by atoms with van der Waals surface area (Å²) in [6.07, 6.45) is 12.9. The summed E-state index contributed by atoms with van der Waals surface area (Å²) in [4.78, 5) is 0. The Labute approximate surface area is 160 Å². The third kappa shape index (κ3) is 20.4. The molecule has 1 N–H and O–H groups in total. The monoisotopic (exact) mass is 402 g/mol. The molecule has 26 heavy (non-hydrogen) atoms. The molecule has 0 aromatic rings. The van der Waals surface area contributed by atoms with Crippen molar-refractivity contribution < 1.29 is 23.0 Å². The van der Waals surface area contributed by atoms with Gasteiger partial charge in [0.25, 0.3) is 0 Å². The van der Waals surface area contributed by atoms with Crippen LogP contribution in [-0.2, 0) is 4.74 Å². The first-order valence-electron chi connectivity index (χ1n) is 10.2. The number of hydrogen-bond acceptors (Lipinski definition) is 2. The molecule has 0 spiro atoms. The molecule has 0 aliphatic carbocycles. The number of ether oxygens (including phenoxy) is 1. The van der Waals surface area contributed by atoms with E-state index in [9.17, 15) is 13.2 Å². The lowest BCUT2D eigenvalue weighted by Crippen LogP contribution is -2.15. The van der Waals surface area contributed by atoms with Crippen LogP contribution in [0.1, 0.15) is 77.0 Å². The van der Waals surface area contributed by atoms with Gasteiger partial charge < -0.3 is 9.84 Å². The van der Waals surface area contributed by atoms with Crippen LogP contribution in [0.2, 0.25) is 0 Å². The van der Waals surface area contributed by atoms with Crippen molar-refractivity contribution in [3.05, 3.63) is 0 Å². The van der Waals surface area contributed by atoms with E-state index in [1.807, 2.05) is 12.5 Å². The van der Waals surface area contributed by atoms with Crippen molar-refractivity contribution in [2.24, 2.45) is 0 Å². The second-order valence-electron chi connectivity index (χ2n) is 7.77. The zero-order chi connectivity index (χ0) is 19.7. The van der Waals surface area contributed by atoms with E-state index >= 15 is 0 Å². The smallest absolute Gasteiger partial charge is 0.389 e. The van der Waals surface area contributed by atoms with Crippen molar-refractivity contribution in [3.63, 3.8) is 0 Å². The maximum atomic E-state index is 12.3. The Bertz CT molecular complexity index is 310. The summed E-state index contributed by atoms with van der Waals surface area (Å²) in [5, 5.41) is 8.58. The Morgan fingerprint density at radius 2 is 1.15 bits per heavy atom. The number of hydrogen-bond donors (Lipinski definition) is 1. The number of rotatable bonds is 18. The molecule has 0 saturated heterocycles. The predicted molar refractivity (Wildman–Crippen MR) is 109 cm³/mol. The standard InChI is InChI=1S/C20H41F3O2S/c1-26(2,19-14-20(21,22)23)18-13-11-9-7-5-3-4-6-8-10-12-16-25-17-15-24/h24H,3-19H2,1-2H3. The molecule has 0 radical (unpaired) electrons. The number of aliphatic hydroxyl groups is 1. The Kier molecular flexibility index (Phi) is 16.1. The van der Waals surface area contributed by atoms with Crippen LogP contribution in [0.4, 0.5) is 13.2 Å². The number of aliphatic hydroxyl groups excluding tert-OH is 1. The molecule has 0 aliphatic heterocycles. The molecular weight excluding hydrogens is 361 g/mol. The largest absolute Gasteiger partial charge is 0.394 e. The van der Waals surface area contributed by atoms with Gasteiger partial charge in [0.05, 0.1) is 19.6 Å². The van der Waals surface area contributed by atoms with Crippen molar-refractivity contribution >= 4 is 10.0 Å². The molecular formula is C20H41F3O2S. The Balaban J connectivity index is 3.28. The van der Waals surface area contributed by atoms with Gasteiger partial charge in [-0.05, 0) is 36.9 Å². The first-order chi connectivity index (χ1) is 12.3. The molecule has 2 nitrogen and oxygen atoms in total. The molecule has 160 valence electrons. The van der Waals surface area contributed by atoms with Gasteiger partial charge in [-0.1, -0.05) is 57.8 Å². The minimum absolute atomic E-state index is 0.108. The molecule has 0 aromatic carbocycles. The van der Waals surface area contributed by atoms with Gasteiger partial charge in [0, 0.05) is 6.61 Å². The first kappa shape index (κ1) is 26.1. The van der Waals surface area contributed by atoms with Crippen LogP contribution < -0.4 is 0 Å². The van der Waals surface area contributed by atoms with Crippen molar-refractivity contribution in [1.29, 1.82) is 0 Å². The highest BCUT2D eigenvalue weighted by Gasteiger charge is 2.29. The summed E-state index contributed by atoms with van der Waals surface area (Å²) in [6.45, 7) is 1.32. The van der Waals surface area contributed by atoms with Gasteiger partial charge in [-0.25, -0.2) is 10.0 Å². The minimum Gasteiger partial charge on any atom is -0.394 e. The summed E-state index contributed by atoms with van der Waals surface area (Å²) in [5.41, 5.74) is 0. The van der Waals surface area contributed by atoms with Gasteiger partial charge in [0.1, 0.15) is 0 Å². The van der Waals surface area contributed by atoms with Crippen LogP contribution in [0.3, 0.4) is 0 Å². The summed E-state index contributed by atoms with van der Waals surface area (Å²) in [6, 6.07) is 0. The summed E-state index contributed by atoms with van der Waals surface area (Å²) < 4.78 is 42.1. The number of halogens is 3. The van der Waals surface area contributed by atoms with Gasteiger partial charge in [-0.2, -0.15) is 13.2 Å². The fourth-order valence-electron chi connectivity index (χ4n) is 2.95. The number of unbranched alkanes of at least 4 members (excludes halogenated alkanes) is 10. The van der Waals surface area contributed by atoms with Crippen LogP contribution in [0.15, 0.2) is 0 Å². The molecule has 0 aliphatic rings. The number of alkyl halides is 3. The summed E-state index contributed by atoms with van der Waals surface area (Å²) in [7, 11) is -1.07. The quantitative estimate of drug-likeness (QED) is 0.273. The van der Waals surface area contributed by atoms with Crippen molar-refractivity contribution in [1.82, 2.24) is 0 Å². The Morgan fingerprint density at radius 1 is 0.692 bits per heavy atom. The van der Waals surface area contributed by atoms with Crippen LogP contribution >= 0.6 is 10.0 Å². The minimum atomic E-state index is -4.00. The van der Waals surface area contributed by atoms with Crippen molar-refractivity contribution in [3.8, 4) is 0 Å². The van der Waals surface area contributed by atoms with E-state index in [0.717, 1.165) is 31.6 Å². The second-order valence-corrected chi connectivity index (χ2v) is 12.1. The van der Waals surface area contributed by atoms with Gasteiger partial charge in [0.2, 0.25) is 0 Å². The maximum Gasteiger partial charge on any atom is 0.389 e. The third-order valence-corrected chi connectivity index (χ3v) is 7.36. The van der Waals surface area contributed by atoms with Crippen LogP contribution in [0, 0.1) is 0 Å². The van der Waals surface area contributed by atoms with Crippen molar-refractivity contribution in [2.45, 2.75) is 83.2 Å². The molecule has 0 amide bonds. The Morgan fingerprint density at radius 3 is 1.62 bits per heavy atom. The van der Waals surface area contributed by atoms with E-state index < -0.39 is 22.6 Å². The average molecular weight is 403 g/mol. The molecule has 0 heterocycles. The molecule has 0 bridgehead atoms. The molecule has 6 heteroatoms. The third-order valence-electron chi connectivity index (χ3n) is 4.66. The molecule has 0 fully saturated rings.